The minimum absolute atomic E-state index is 0.0634. The zero-order valence-electron chi connectivity index (χ0n) is 12.0. The second-order valence-corrected chi connectivity index (χ2v) is 7.69. The maximum atomic E-state index is 12.0. The summed E-state index contributed by atoms with van der Waals surface area (Å²) in [7, 11) is -3.53. The minimum Gasteiger partial charge on any atom is -0.481 e. The van der Waals surface area contributed by atoms with Crippen LogP contribution in [0.15, 0.2) is 29.2 Å². The van der Waals surface area contributed by atoms with E-state index in [2.05, 4.69) is 4.72 Å². The van der Waals surface area contributed by atoms with Gasteiger partial charge < -0.3 is 5.11 Å². The second-order valence-electron chi connectivity index (χ2n) is 5.92. The highest BCUT2D eigenvalue weighted by atomic mass is 32.2. The van der Waals surface area contributed by atoms with Crippen molar-refractivity contribution < 1.29 is 18.3 Å². The molecule has 0 saturated carbocycles. The molecule has 0 heterocycles. The highest BCUT2D eigenvalue weighted by Gasteiger charge is 2.16. The van der Waals surface area contributed by atoms with E-state index in [0.717, 1.165) is 6.42 Å². The van der Waals surface area contributed by atoms with Crippen LogP contribution >= 0.6 is 0 Å². The van der Waals surface area contributed by atoms with Gasteiger partial charge in [0.25, 0.3) is 0 Å². The lowest BCUT2D eigenvalue weighted by Crippen LogP contribution is -2.27. The Balaban J connectivity index is 2.70. The van der Waals surface area contributed by atoms with Crippen LogP contribution in [0.2, 0.25) is 0 Å². The Labute approximate surface area is 120 Å². The Hall–Kier alpha value is -1.40. The molecule has 2 N–H and O–H groups in total. The third-order valence-corrected chi connectivity index (χ3v) is 4.23. The average molecular weight is 299 g/mol. The number of hydrogen-bond donors (Lipinski definition) is 2. The Morgan fingerprint density at radius 2 is 1.75 bits per heavy atom. The van der Waals surface area contributed by atoms with Gasteiger partial charge in [-0.1, -0.05) is 32.9 Å². The normalized spacial score (nSPS) is 12.3. The molecule has 0 spiro atoms. The van der Waals surface area contributed by atoms with Crippen molar-refractivity contribution in [2.75, 3.05) is 6.54 Å². The van der Waals surface area contributed by atoms with Crippen molar-refractivity contribution in [3.8, 4) is 0 Å². The smallest absolute Gasteiger partial charge is 0.307 e. The number of carboxylic acid groups (broad SMARTS) is 1. The van der Waals surface area contributed by atoms with Gasteiger partial charge in [-0.3, -0.25) is 4.79 Å². The molecule has 0 aliphatic heterocycles. The highest BCUT2D eigenvalue weighted by molar-refractivity contribution is 7.89. The minimum atomic E-state index is -3.53. The number of hydrogen-bond acceptors (Lipinski definition) is 3. The van der Waals surface area contributed by atoms with Crippen LogP contribution in [0.25, 0.3) is 0 Å². The zero-order chi connectivity index (χ0) is 15.4. The van der Waals surface area contributed by atoms with E-state index in [4.69, 9.17) is 5.11 Å². The van der Waals surface area contributed by atoms with E-state index >= 15 is 0 Å². The molecule has 0 radical (unpaired) electrons. The molecule has 1 rings (SSSR count). The first-order valence-corrected chi connectivity index (χ1v) is 7.89. The molecule has 0 aromatic heterocycles. The molecule has 0 unspecified atom stereocenters. The molecular formula is C14H21NO4S. The Kier molecular flexibility index (Phi) is 5.30. The summed E-state index contributed by atoms with van der Waals surface area (Å²) in [5.74, 6) is -0.941. The molecule has 0 aliphatic carbocycles. The van der Waals surface area contributed by atoms with Crippen molar-refractivity contribution in [3.63, 3.8) is 0 Å². The lowest BCUT2D eigenvalue weighted by molar-refractivity contribution is -0.136. The first kappa shape index (κ1) is 16.7. The first-order chi connectivity index (χ1) is 9.10. The fourth-order valence-electron chi connectivity index (χ4n) is 1.60. The summed E-state index contributed by atoms with van der Waals surface area (Å²) in [5, 5.41) is 8.66. The lowest BCUT2D eigenvalue weighted by atomic mass is 9.93. The summed E-state index contributed by atoms with van der Waals surface area (Å²) >= 11 is 0. The van der Waals surface area contributed by atoms with E-state index in [1.165, 1.54) is 24.3 Å². The van der Waals surface area contributed by atoms with Gasteiger partial charge in [-0.05, 0) is 29.5 Å². The molecule has 1 aromatic rings. The van der Waals surface area contributed by atoms with E-state index in [9.17, 15) is 13.2 Å². The van der Waals surface area contributed by atoms with Crippen molar-refractivity contribution in [1.29, 1.82) is 0 Å². The molecule has 5 nitrogen and oxygen atoms in total. The van der Waals surface area contributed by atoms with E-state index < -0.39 is 16.0 Å². The maximum absolute atomic E-state index is 12.0. The molecule has 1 aromatic carbocycles. The van der Waals surface area contributed by atoms with Crippen LogP contribution in [0, 0.1) is 5.41 Å². The van der Waals surface area contributed by atoms with Crippen molar-refractivity contribution >= 4 is 16.0 Å². The quantitative estimate of drug-likeness (QED) is 0.842. The van der Waals surface area contributed by atoms with Crippen LogP contribution < -0.4 is 4.72 Å². The molecule has 0 bridgehead atoms. The number of carboxylic acids is 1. The molecule has 0 atom stereocenters. The molecule has 0 fully saturated rings. The Morgan fingerprint density at radius 1 is 1.20 bits per heavy atom. The van der Waals surface area contributed by atoms with Gasteiger partial charge in [0.1, 0.15) is 0 Å². The number of benzene rings is 1. The molecule has 6 heteroatoms. The highest BCUT2D eigenvalue weighted by Crippen LogP contribution is 2.18. The third-order valence-electron chi connectivity index (χ3n) is 2.76. The number of carbonyl (C=O) groups is 1. The monoisotopic (exact) mass is 299 g/mol. The summed E-state index contributed by atoms with van der Waals surface area (Å²) in [5.41, 5.74) is 0.638. The van der Waals surface area contributed by atoms with Crippen LogP contribution in [0.4, 0.5) is 0 Å². The Bertz CT molecular complexity index is 556. The van der Waals surface area contributed by atoms with Crippen LogP contribution in [-0.2, 0) is 21.2 Å². The Morgan fingerprint density at radius 3 is 2.20 bits per heavy atom. The van der Waals surface area contributed by atoms with Crippen molar-refractivity contribution in [2.45, 2.75) is 38.5 Å². The van der Waals surface area contributed by atoms with Crippen LogP contribution in [-0.4, -0.2) is 26.0 Å². The van der Waals surface area contributed by atoms with E-state index in [-0.39, 0.29) is 16.7 Å². The van der Waals surface area contributed by atoms with E-state index in [0.29, 0.717) is 12.1 Å². The first-order valence-electron chi connectivity index (χ1n) is 6.40. The summed E-state index contributed by atoms with van der Waals surface area (Å²) in [6, 6.07) is 5.90. The van der Waals surface area contributed by atoms with Crippen LogP contribution in [0.1, 0.15) is 32.8 Å². The number of aliphatic carboxylic acids is 1. The molecular weight excluding hydrogens is 278 g/mol. The fourth-order valence-corrected chi connectivity index (χ4v) is 2.64. The van der Waals surface area contributed by atoms with Gasteiger partial charge in [-0.15, -0.1) is 0 Å². The van der Waals surface area contributed by atoms with Crippen molar-refractivity contribution in [2.24, 2.45) is 5.41 Å². The molecule has 0 saturated heterocycles. The fraction of sp³-hybridized carbons (Fsp3) is 0.500. The van der Waals surface area contributed by atoms with Gasteiger partial charge >= 0.3 is 5.97 Å². The zero-order valence-corrected chi connectivity index (χ0v) is 12.8. The molecule has 112 valence electrons. The average Bonchev–Trinajstić information content (AvgIpc) is 2.26. The van der Waals surface area contributed by atoms with Gasteiger partial charge in [-0.25, -0.2) is 13.1 Å². The van der Waals surface area contributed by atoms with Gasteiger partial charge in [-0.2, -0.15) is 0 Å². The lowest BCUT2D eigenvalue weighted by Gasteiger charge is -2.18. The number of nitrogens with one attached hydrogen (secondary N) is 1. The summed E-state index contributed by atoms with van der Waals surface area (Å²) in [6.45, 7) is 6.51. The topological polar surface area (TPSA) is 83.5 Å². The van der Waals surface area contributed by atoms with E-state index in [1.54, 1.807) is 0 Å². The van der Waals surface area contributed by atoms with Gasteiger partial charge in [0.2, 0.25) is 10.0 Å². The second kappa shape index (κ2) is 6.37. The van der Waals surface area contributed by atoms with Crippen LogP contribution in [0.3, 0.4) is 0 Å². The largest absolute Gasteiger partial charge is 0.481 e. The number of sulfonamides is 1. The van der Waals surface area contributed by atoms with Gasteiger partial charge in [0.05, 0.1) is 11.3 Å². The maximum Gasteiger partial charge on any atom is 0.307 e. The summed E-state index contributed by atoms with van der Waals surface area (Å²) in [6.07, 6.45) is 0.626. The predicted octanol–water partition coefficient (Wildman–Crippen LogP) is 2.03. The van der Waals surface area contributed by atoms with Crippen LogP contribution in [0.5, 0.6) is 0 Å². The van der Waals surface area contributed by atoms with Gasteiger partial charge in [0.15, 0.2) is 0 Å². The third kappa shape index (κ3) is 5.71. The predicted molar refractivity (Wildman–Crippen MR) is 77.0 cm³/mol. The van der Waals surface area contributed by atoms with Crippen molar-refractivity contribution in [1.82, 2.24) is 4.72 Å². The molecule has 20 heavy (non-hydrogen) atoms. The number of rotatable bonds is 6. The molecule has 0 amide bonds. The SMILES string of the molecule is CC(C)(C)CCNS(=O)(=O)c1ccc(CC(=O)O)cc1. The van der Waals surface area contributed by atoms with Gasteiger partial charge in [0, 0.05) is 6.54 Å². The molecule has 0 aliphatic rings. The standard InChI is InChI=1S/C14H21NO4S/c1-14(2,3)8-9-15-20(18,19)12-6-4-11(5-7-12)10-13(16)17/h4-7,15H,8-10H2,1-3H3,(H,16,17). The van der Waals surface area contributed by atoms with Crippen molar-refractivity contribution in [3.05, 3.63) is 29.8 Å². The summed E-state index contributed by atoms with van der Waals surface area (Å²) in [4.78, 5) is 10.7. The summed E-state index contributed by atoms with van der Waals surface area (Å²) < 4.78 is 26.6. The van der Waals surface area contributed by atoms with E-state index in [1.807, 2.05) is 20.8 Å².